The van der Waals surface area contributed by atoms with Crippen LogP contribution in [0.25, 0.3) is 11.3 Å². The van der Waals surface area contributed by atoms with E-state index >= 15 is 0 Å². The van der Waals surface area contributed by atoms with Crippen LogP contribution in [-0.4, -0.2) is 22.8 Å². The van der Waals surface area contributed by atoms with Crippen LogP contribution in [0.2, 0.25) is 0 Å². The maximum absolute atomic E-state index is 12.5. The van der Waals surface area contributed by atoms with Gasteiger partial charge < -0.3 is 10.1 Å². The molecule has 0 fully saturated rings. The predicted molar refractivity (Wildman–Crippen MR) is 97.3 cm³/mol. The van der Waals surface area contributed by atoms with Gasteiger partial charge in [-0.3, -0.25) is 9.48 Å². The molecule has 0 spiro atoms. The standard InChI is InChI=1S/C18H16BrN3O2/c1-22-17(18(23)20-14-7-4-6-13(19)10-14)11-16(21-22)12-5-3-8-15(9-12)24-2/h3-11H,1-2H3,(H,20,23). The minimum Gasteiger partial charge on any atom is -0.497 e. The van der Waals surface area contributed by atoms with E-state index in [4.69, 9.17) is 4.74 Å². The first-order chi connectivity index (χ1) is 11.6. The summed E-state index contributed by atoms with van der Waals surface area (Å²) in [5, 5.41) is 7.30. The van der Waals surface area contributed by atoms with Crippen LogP contribution in [0.1, 0.15) is 10.5 Å². The summed E-state index contributed by atoms with van der Waals surface area (Å²) in [7, 11) is 3.37. The smallest absolute Gasteiger partial charge is 0.273 e. The minimum atomic E-state index is -0.211. The quantitative estimate of drug-likeness (QED) is 0.734. The Morgan fingerprint density at radius 1 is 1.17 bits per heavy atom. The van der Waals surface area contributed by atoms with Crippen molar-refractivity contribution in [2.45, 2.75) is 0 Å². The van der Waals surface area contributed by atoms with E-state index in [0.29, 0.717) is 5.69 Å². The zero-order valence-corrected chi connectivity index (χ0v) is 14.9. The van der Waals surface area contributed by atoms with Crippen LogP contribution in [0, 0.1) is 0 Å². The van der Waals surface area contributed by atoms with Crippen molar-refractivity contribution in [3.8, 4) is 17.0 Å². The summed E-state index contributed by atoms with van der Waals surface area (Å²) in [5.41, 5.74) is 2.81. The molecule has 1 N–H and O–H groups in total. The monoisotopic (exact) mass is 385 g/mol. The van der Waals surface area contributed by atoms with Crippen molar-refractivity contribution >= 4 is 27.5 Å². The molecule has 1 heterocycles. The van der Waals surface area contributed by atoms with Gasteiger partial charge in [-0.1, -0.05) is 34.1 Å². The number of nitrogens with one attached hydrogen (secondary N) is 1. The molecular weight excluding hydrogens is 370 g/mol. The molecule has 1 aromatic heterocycles. The molecule has 0 radical (unpaired) electrons. The van der Waals surface area contributed by atoms with E-state index in [9.17, 15) is 4.79 Å². The lowest BCUT2D eigenvalue weighted by Crippen LogP contribution is -2.15. The highest BCUT2D eigenvalue weighted by Gasteiger charge is 2.15. The number of amides is 1. The number of aryl methyl sites for hydroxylation is 1. The van der Waals surface area contributed by atoms with Crippen molar-refractivity contribution in [3.05, 3.63) is 64.8 Å². The van der Waals surface area contributed by atoms with Gasteiger partial charge >= 0.3 is 0 Å². The first kappa shape index (κ1) is 16.3. The summed E-state index contributed by atoms with van der Waals surface area (Å²) in [6.07, 6.45) is 0. The number of halogens is 1. The summed E-state index contributed by atoms with van der Waals surface area (Å²) < 4.78 is 7.71. The summed E-state index contributed by atoms with van der Waals surface area (Å²) >= 11 is 3.39. The first-order valence-corrected chi connectivity index (χ1v) is 8.11. The molecule has 3 rings (SSSR count). The number of hydrogen-bond donors (Lipinski definition) is 1. The third-order valence-corrected chi connectivity index (χ3v) is 4.05. The van der Waals surface area contributed by atoms with E-state index in [2.05, 4.69) is 26.3 Å². The fraction of sp³-hybridized carbons (Fsp3) is 0.111. The minimum absolute atomic E-state index is 0.211. The number of ether oxygens (including phenoxy) is 1. The number of carbonyl (C=O) groups excluding carboxylic acids is 1. The van der Waals surface area contributed by atoms with Crippen LogP contribution in [0.15, 0.2) is 59.1 Å². The van der Waals surface area contributed by atoms with Crippen molar-refractivity contribution in [1.29, 1.82) is 0 Å². The molecular formula is C18H16BrN3O2. The lowest BCUT2D eigenvalue weighted by atomic mass is 10.1. The summed E-state index contributed by atoms with van der Waals surface area (Å²) in [5.74, 6) is 0.538. The van der Waals surface area contributed by atoms with Gasteiger partial charge in [0.05, 0.1) is 12.8 Å². The normalized spacial score (nSPS) is 10.5. The molecule has 3 aromatic rings. The Balaban J connectivity index is 1.86. The highest BCUT2D eigenvalue weighted by atomic mass is 79.9. The van der Waals surface area contributed by atoms with Crippen molar-refractivity contribution in [3.63, 3.8) is 0 Å². The number of rotatable bonds is 4. The Bertz CT molecular complexity index is 889. The van der Waals surface area contributed by atoms with Crippen molar-refractivity contribution in [2.75, 3.05) is 12.4 Å². The fourth-order valence-electron chi connectivity index (χ4n) is 2.36. The second kappa shape index (κ2) is 6.88. The molecule has 6 heteroatoms. The Kier molecular flexibility index (Phi) is 4.66. The maximum Gasteiger partial charge on any atom is 0.273 e. The van der Waals surface area contributed by atoms with Crippen LogP contribution >= 0.6 is 15.9 Å². The number of methoxy groups -OCH3 is 1. The SMILES string of the molecule is COc1cccc(-c2cc(C(=O)Nc3cccc(Br)c3)n(C)n2)c1. The third-order valence-electron chi connectivity index (χ3n) is 3.56. The van der Waals surface area contributed by atoms with Gasteiger partial charge in [-0.05, 0) is 36.4 Å². The highest BCUT2D eigenvalue weighted by molar-refractivity contribution is 9.10. The summed E-state index contributed by atoms with van der Waals surface area (Å²) in [6, 6.07) is 16.8. The van der Waals surface area contributed by atoms with Gasteiger partial charge in [-0.15, -0.1) is 0 Å². The van der Waals surface area contributed by atoms with E-state index in [1.807, 2.05) is 48.5 Å². The molecule has 0 atom stereocenters. The van der Waals surface area contributed by atoms with Gasteiger partial charge in [-0.25, -0.2) is 0 Å². The Labute approximate surface area is 148 Å². The van der Waals surface area contributed by atoms with Crippen LogP contribution in [0.5, 0.6) is 5.75 Å². The zero-order valence-electron chi connectivity index (χ0n) is 13.3. The molecule has 24 heavy (non-hydrogen) atoms. The van der Waals surface area contributed by atoms with E-state index in [1.54, 1.807) is 24.9 Å². The lowest BCUT2D eigenvalue weighted by Gasteiger charge is -2.05. The molecule has 2 aromatic carbocycles. The Morgan fingerprint density at radius 2 is 1.96 bits per heavy atom. The molecule has 0 aliphatic heterocycles. The summed E-state index contributed by atoms with van der Waals surface area (Å²) in [6.45, 7) is 0. The maximum atomic E-state index is 12.5. The number of hydrogen-bond acceptors (Lipinski definition) is 3. The molecule has 0 saturated carbocycles. The number of carbonyl (C=O) groups is 1. The van der Waals surface area contributed by atoms with Crippen LogP contribution in [0.3, 0.4) is 0 Å². The van der Waals surface area contributed by atoms with Gasteiger partial charge in [0.1, 0.15) is 11.4 Å². The van der Waals surface area contributed by atoms with Crippen LogP contribution in [0.4, 0.5) is 5.69 Å². The molecule has 122 valence electrons. The number of benzene rings is 2. The third kappa shape index (κ3) is 3.49. The molecule has 0 aliphatic rings. The average Bonchev–Trinajstić information content (AvgIpc) is 2.97. The first-order valence-electron chi connectivity index (χ1n) is 7.32. The second-order valence-electron chi connectivity index (χ2n) is 5.23. The molecule has 0 saturated heterocycles. The van der Waals surface area contributed by atoms with Gasteiger partial charge in [0.15, 0.2) is 0 Å². The molecule has 0 bridgehead atoms. The van der Waals surface area contributed by atoms with Crippen molar-refractivity contribution < 1.29 is 9.53 Å². The van der Waals surface area contributed by atoms with Crippen LogP contribution in [-0.2, 0) is 7.05 Å². The van der Waals surface area contributed by atoms with Gasteiger partial charge in [0, 0.05) is 22.8 Å². The van der Waals surface area contributed by atoms with Crippen molar-refractivity contribution in [1.82, 2.24) is 9.78 Å². The van der Waals surface area contributed by atoms with Crippen molar-refractivity contribution in [2.24, 2.45) is 7.05 Å². The molecule has 0 unspecified atom stereocenters. The average molecular weight is 386 g/mol. The van der Waals surface area contributed by atoms with Gasteiger partial charge in [0.2, 0.25) is 0 Å². The molecule has 0 aliphatic carbocycles. The molecule has 1 amide bonds. The van der Waals surface area contributed by atoms with E-state index in [-0.39, 0.29) is 5.91 Å². The lowest BCUT2D eigenvalue weighted by molar-refractivity contribution is 0.101. The van der Waals surface area contributed by atoms with E-state index in [0.717, 1.165) is 27.2 Å². The number of aromatic nitrogens is 2. The summed E-state index contributed by atoms with van der Waals surface area (Å²) in [4.78, 5) is 12.5. The van der Waals surface area contributed by atoms with Gasteiger partial charge in [-0.2, -0.15) is 5.10 Å². The second-order valence-corrected chi connectivity index (χ2v) is 6.15. The van der Waals surface area contributed by atoms with E-state index < -0.39 is 0 Å². The predicted octanol–water partition coefficient (Wildman–Crippen LogP) is 4.11. The molecule has 5 nitrogen and oxygen atoms in total. The van der Waals surface area contributed by atoms with Crippen LogP contribution < -0.4 is 10.1 Å². The number of anilines is 1. The fourth-order valence-corrected chi connectivity index (χ4v) is 2.76. The highest BCUT2D eigenvalue weighted by Crippen LogP contribution is 2.24. The Hall–Kier alpha value is -2.60. The topological polar surface area (TPSA) is 56.1 Å². The zero-order chi connectivity index (χ0) is 17.1. The number of nitrogens with zero attached hydrogens (tertiary/aromatic N) is 2. The van der Waals surface area contributed by atoms with E-state index in [1.165, 1.54) is 0 Å². The largest absolute Gasteiger partial charge is 0.497 e. The van der Waals surface area contributed by atoms with Gasteiger partial charge in [0.25, 0.3) is 5.91 Å². The Morgan fingerprint density at radius 3 is 2.71 bits per heavy atom.